The van der Waals surface area contributed by atoms with Gasteiger partial charge in [0, 0.05) is 37.1 Å². The molecule has 1 N–H and O–H groups in total. The van der Waals surface area contributed by atoms with Gasteiger partial charge in [0.15, 0.2) is 0 Å². The number of carbonyl (C=O) groups excluding carboxylic acids is 1. The molecular formula is C15H18N4O. The lowest BCUT2D eigenvalue weighted by molar-refractivity contribution is 0.0951. The minimum Gasteiger partial charge on any atom is -0.351 e. The van der Waals surface area contributed by atoms with Crippen LogP contribution in [0.2, 0.25) is 0 Å². The third-order valence-electron chi connectivity index (χ3n) is 3.67. The molecule has 1 aliphatic heterocycles. The molecule has 5 nitrogen and oxygen atoms in total. The molecular weight excluding hydrogens is 252 g/mol. The molecule has 0 bridgehead atoms. The maximum atomic E-state index is 12.2. The highest BCUT2D eigenvalue weighted by Crippen LogP contribution is 2.14. The van der Waals surface area contributed by atoms with Crippen LogP contribution in [0.4, 0.5) is 0 Å². The predicted octanol–water partition coefficient (Wildman–Crippen LogP) is 1.46. The molecule has 104 valence electrons. The highest BCUT2D eigenvalue weighted by molar-refractivity contribution is 6.04. The summed E-state index contributed by atoms with van der Waals surface area (Å²) in [5, 5.41) is 3.85. The zero-order valence-corrected chi connectivity index (χ0v) is 11.4. The summed E-state index contributed by atoms with van der Waals surface area (Å²) in [6.07, 6.45) is 7.55. The van der Waals surface area contributed by atoms with Crippen molar-refractivity contribution in [3.63, 3.8) is 0 Å². The van der Waals surface area contributed by atoms with Gasteiger partial charge in [-0.2, -0.15) is 0 Å². The van der Waals surface area contributed by atoms with E-state index in [1.54, 1.807) is 18.6 Å². The first-order chi connectivity index (χ1) is 9.84. The van der Waals surface area contributed by atoms with Gasteiger partial charge < -0.3 is 10.2 Å². The highest BCUT2D eigenvalue weighted by Gasteiger charge is 2.13. The number of hydrogen-bond acceptors (Lipinski definition) is 4. The van der Waals surface area contributed by atoms with Gasteiger partial charge in [0.1, 0.15) is 0 Å². The van der Waals surface area contributed by atoms with Crippen molar-refractivity contribution in [3.05, 3.63) is 36.3 Å². The number of nitrogens with one attached hydrogen (secondary N) is 1. The molecule has 2 aromatic rings. The van der Waals surface area contributed by atoms with Crippen molar-refractivity contribution in [1.82, 2.24) is 20.2 Å². The topological polar surface area (TPSA) is 58.1 Å². The van der Waals surface area contributed by atoms with Gasteiger partial charge in [0.05, 0.1) is 11.1 Å². The fraction of sp³-hybridized carbons (Fsp3) is 0.400. The second kappa shape index (κ2) is 5.96. The molecule has 0 unspecified atom stereocenters. The minimum atomic E-state index is -0.0963. The van der Waals surface area contributed by atoms with Crippen LogP contribution in [0.1, 0.15) is 23.2 Å². The Hall–Kier alpha value is -2.01. The summed E-state index contributed by atoms with van der Waals surface area (Å²) in [7, 11) is 0. The molecule has 3 heterocycles. The zero-order valence-electron chi connectivity index (χ0n) is 11.4. The van der Waals surface area contributed by atoms with Gasteiger partial charge in [-0.05, 0) is 38.1 Å². The van der Waals surface area contributed by atoms with Gasteiger partial charge in [-0.25, -0.2) is 0 Å². The monoisotopic (exact) mass is 270 g/mol. The Bertz CT molecular complexity index is 602. The van der Waals surface area contributed by atoms with Crippen molar-refractivity contribution in [1.29, 1.82) is 0 Å². The second-order valence-electron chi connectivity index (χ2n) is 5.07. The minimum absolute atomic E-state index is 0.0963. The number of fused-ring (bicyclic) bond motifs is 1. The molecule has 20 heavy (non-hydrogen) atoms. The SMILES string of the molecule is O=C(NCCN1CCCC1)c1cncc2cccnc12. The van der Waals surface area contributed by atoms with Gasteiger partial charge in [-0.1, -0.05) is 0 Å². The predicted molar refractivity (Wildman–Crippen MR) is 77.5 cm³/mol. The number of amides is 1. The lowest BCUT2D eigenvalue weighted by Gasteiger charge is -2.14. The molecule has 2 aromatic heterocycles. The van der Waals surface area contributed by atoms with Crippen LogP contribution < -0.4 is 5.32 Å². The van der Waals surface area contributed by atoms with E-state index in [0.29, 0.717) is 17.6 Å². The molecule has 0 radical (unpaired) electrons. The quantitative estimate of drug-likeness (QED) is 0.913. The first kappa shape index (κ1) is 13.0. The summed E-state index contributed by atoms with van der Waals surface area (Å²) in [6, 6.07) is 3.76. The first-order valence-electron chi connectivity index (χ1n) is 7.04. The molecule has 0 aromatic carbocycles. The number of likely N-dealkylation sites (tertiary alicyclic amines) is 1. The molecule has 0 spiro atoms. The van der Waals surface area contributed by atoms with E-state index in [1.807, 2.05) is 12.1 Å². The molecule has 1 aliphatic rings. The number of hydrogen-bond donors (Lipinski definition) is 1. The summed E-state index contributed by atoms with van der Waals surface area (Å²) in [5.41, 5.74) is 1.26. The summed E-state index contributed by atoms with van der Waals surface area (Å²) in [6.45, 7) is 3.87. The van der Waals surface area contributed by atoms with Crippen molar-refractivity contribution in [3.8, 4) is 0 Å². The largest absolute Gasteiger partial charge is 0.351 e. The lowest BCUT2D eigenvalue weighted by atomic mass is 10.2. The maximum absolute atomic E-state index is 12.2. The molecule has 1 fully saturated rings. The zero-order chi connectivity index (χ0) is 13.8. The fourth-order valence-corrected chi connectivity index (χ4v) is 2.60. The van der Waals surface area contributed by atoms with E-state index in [9.17, 15) is 4.79 Å². The van der Waals surface area contributed by atoms with E-state index in [4.69, 9.17) is 0 Å². The Morgan fingerprint density at radius 2 is 2.15 bits per heavy atom. The van der Waals surface area contributed by atoms with Crippen LogP contribution in [0.25, 0.3) is 10.9 Å². The van der Waals surface area contributed by atoms with Crippen LogP contribution in [-0.2, 0) is 0 Å². The lowest BCUT2D eigenvalue weighted by Crippen LogP contribution is -2.33. The van der Waals surface area contributed by atoms with Crippen LogP contribution >= 0.6 is 0 Å². The van der Waals surface area contributed by atoms with Crippen molar-refractivity contribution < 1.29 is 4.79 Å². The van der Waals surface area contributed by atoms with Crippen molar-refractivity contribution in [2.45, 2.75) is 12.8 Å². The van der Waals surface area contributed by atoms with E-state index in [0.717, 1.165) is 25.0 Å². The highest BCUT2D eigenvalue weighted by atomic mass is 16.1. The number of carbonyl (C=O) groups is 1. The summed E-state index contributed by atoms with van der Waals surface area (Å²) in [5.74, 6) is -0.0963. The molecule has 5 heteroatoms. The summed E-state index contributed by atoms with van der Waals surface area (Å²) >= 11 is 0. The van der Waals surface area contributed by atoms with Gasteiger partial charge in [-0.15, -0.1) is 0 Å². The number of rotatable bonds is 4. The molecule has 0 saturated carbocycles. The van der Waals surface area contributed by atoms with E-state index in [2.05, 4.69) is 20.2 Å². The average Bonchev–Trinajstić information content (AvgIpc) is 3.00. The standard InChI is InChI=1S/C15H18N4O/c20-15(18-6-9-19-7-1-2-8-19)13-11-16-10-12-4-3-5-17-14(12)13/h3-5,10-11H,1-2,6-9H2,(H,18,20). The Labute approximate surface area is 118 Å². The van der Waals surface area contributed by atoms with Gasteiger partial charge >= 0.3 is 0 Å². The van der Waals surface area contributed by atoms with E-state index < -0.39 is 0 Å². The summed E-state index contributed by atoms with van der Waals surface area (Å²) in [4.78, 5) is 23.0. The Morgan fingerprint density at radius 3 is 3.00 bits per heavy atom. The fourth-order valence-electron chi connectivity index (χ4n) is 2.60. The van der Waals surface area contributed by atoms with Crippen LogP contribution in [0, 0.1) is 0 Å². The Morgan fingerprint density at radius 1 is 1.30 bits per heavy atom. The van der Waals surface area contributed by atoms with E-state index in [1.165, 1.54) is 12.8 Å². The smallest absolute Gasteiger partial charge is 0.255 e. The van der Waals surface area contributed by atoms with Crippen LogP contribution in [0.5, 0.6) is 0 Å². The third-order valence-corrected chi connectivity index (χ3v) is 3.67. The third kappa shape index (κ3) is 2.77. The number of pyridine rings is 2. The Balaban J connectivity index is 1.66. The van der Waals surface area contributed by atoms with Crippen LogP contribution in [0.15, 0.2) is 30.7 Å². The van der Waals surface area contributed by atoms with Crippen LogP contribution in [-0.4, -0.2) is 47.0 Å². The molecule has 1 saturated heterocycles. The second-order valence-corrected chi connectivity index (χ2v) is 5.07. The summed E-state index contributed by atoms with van der Waals surface area (Å²) < 4.78 is 0. The molecule has 0 atom stereocenters. The molecule has 1 amide bonds. The van der Waals surface area contributed by atoms with Crippen molar-refractivity contribution in [2.24, 2.45) is 0 Å². The molecule has 0 aliphatic carbocycles. The van der Waals surface area contributed by atoms with E-state index in [-0.39, 0.29) is 5.91 Å². The number of nitrogens with zero attached hydrogens (tertiary/aromatic N) is 3. The first-order valence-corrected chi connectivity index (χ1v) is 7.04. The van der Waals surface area contributed by atoms with E-state index >= 15 is 0 Å². The number of aromatic nitrogens is 2. The average molecular weight is 270 g/mol. The maximum Gasteiger partial charge on any atom is 0.255 e. The Kier molecular flexibility index (Phi) is 3.87. The normalized spacial score (nSPS) is 15.6. The van der Waals surface area contributed by atoms with Gasteiger partial charge in [-0.3, -0.25) is 14.8 Å². The van der Waals surface area contributed by atoms with Gasteiger partial charge in [0.2, 0.25) is 0 Å². The van der Waals surface area contributed by atoms with Gasteiger partial charge in [0.25, 0.3) is 5.91 Å². The molecule has 3 rings (SSSR count). The van der Waals surface area contributed by atoms with Crippen LogP contribution in [0.3, 0.4) is 0 Å². The van der Waals surface area contributed by atoms with Crippen molar-refractivity contribution >= 4 is 16.8 Å². The van der Waals surface area contributed by atoms with Crippen molar-refractivity contribution in [2.75, 3.05) is 26.2 Å².